The molecular formula is C11H15NO2. The van der Waals surface area contributed by atoms with Gasteiger partial charge in [-0.15, -0.1) is 0 Å². The van der Waals surface area contributed by atoms with Crippen molar-refractivity contribution >= 4 is 5.78 Å². The summed E-state index contributed by atoms with van der Waals surface area (Å²) in [4.78, 5) is 15.7. The van der Waals surface area contributed by atoms with Gasteiger partial charge in [-0.2, -0.15) is 0 Å². The van der Waals surface area contributed by atoms with E-state index >= 15 is 0 Å². The van der Waals surface area contributed by atoms with Gasteiger partial charge in [0.25, 0.3) is 0 Å². The minimum Gasteiger partial charge on any atom is -0.373 e. The molecule has 0 aromatic carbocycles. The van der Waals surface area contributed by atoms with Gasteiger partial charge in [0.05, 0.1) is 0 Å². The van der Waals surface area contributed by atoms with Crippen molar-refractivity contribution in [2.24, 2.45) is 0 Å². The maximum Gasteiger partial charge on any atom is 0.193 e. The largest absolute Gasteiger partial charge is 0.373 e. The average Bonchev–Trinajstić information content (AvgIpc) is 2.26. The maximum absolute atomic E-state index is 11.8. The van der Waals surface area contributed by atoms with E-state index in [9.17, 15) is 4.79 Å². The molecule has 14 heavy (non-hydrogen) atoms. The standard InChI is InChI=1S/C11H15NO2/c1-3-5-10(14-2)11(13)9-6-4-7-12-8-9/h4,6-8,10H,3,5H2,1-2H3. The van der Waals surface area contributed by atoms with E-state index in [1.807, 2.05) is 6.92 Å². The van der Waals surface area contributed by atoms with Crippen molar-refractivity contribution in [3.63, 3.8) is 0 Å². The van der Waals surface area contributed by atoms with Crippen LogP contribution in [0.5, 0.6) is 0 Å². The lowest BCUT2D eigenvalue weighted by atomic mass is 10.0. The van der Waals surface area contributed by atoms with Gasteiger partial charge in [-0.25, -0.2) is 0 Å². The number of hydrogen-bond donors (Lipinski definition) is 0. The Morgan fingerprint density at radius 2 is 2.43 bits per heavy atom. The minimum atomic E-state index is -0.329. The van der Waals surface area contributed by atoms with E-state index in [1.165, 1.54) is 0 Å². The van der Waals surface area contributed by atoms with Crippen molar-refractivity contribution < 1.29 is 9.53 Å². The number of aromatic nitrogens is 1. The number of carbonyl (C=O) groups is 1. The van der Waals surface area contributed by atoms with Gasteiger partial charge in [0.15, 0.2) is 5.78 Å². The fourth-order valence-electron chi connectivity index (χ4n) is 1.31. The van der Waals surface area contributed by atoms with Crippen LogP contribution in [0.25, 0.3) is 0 Å². The van der Waals surface area contributed by atoms with E-state index in [0.29, 0.717) is 5.56 Å². The van der Waals surface area contributed by atoms with Gasteiger partial charge < -0.3 is 4.74 Å². The van der Waals surface area contributed by atoms with E-state index in [1.54, 1.807) is 31.6 Å². The molecule has 1 atom stereocenters. The third-order valence-corrected chi connectivity index (χ3v) is 2.07. The number of carbonyl (C=O) groups excluding carboxylic acids is 1. The fraction of sp³-hybridized carbons (Fsp3) is 0.455. The lowest BCUT2D eigenvalue weighted by Crippen LogP contribution is -2.22. The third-order valence-electron chi connectivity index (χ3n) is 2.07. The molecule has 0 aliphatic rings. The van der Waals surface area contributed by atoms with Gasteiger partial charge in [-0.05, 0) is 18.6 Å². The maximum atomic E-state index is 11.8. The van der Waals surface area contributed by atoms with E-state index in [0.717, 1.165) is 12.8 Å². The topological polar surface area (TPSA) is 39.2 Å². The number of ketones is 1. The first kappa shape index (κ1) is 10.9. The van der Waals surface area contributed by atoms with Crippen LogP contribution in [-0.2, 0) is 4.74 Å². The van der Waals surface area contributed by atoms with Gasteiger partial charge >= 0.3 is 0 Å². The normalized spacial score (nSPS) is 12.4. The van der Waals surface area contributed by atoms with Crippen LogP contribution in [0, 0.1) is 0 Å². The van der Waals surface area contributed by atoms with Crippen LogP contribution < -0.4 is 0 Å². The molecule has 76 valence electrons. The molecule has 0 saturated heterocycles. The molecule has 0 fully saturated rings. The number of methoxy groups -OCH3 is 1. The van der Waals surface area contributed by atoms with E-state index in [2.05, 4.69) is 4.98 Å². The first-order chi connectivity index (χ1) is 6.79. The van der Waals surface area contributed by atoms with Crippen LogP contribution in [0.4, 0.5) is 0 Å². The summed E-state index contributed by atoms with van der Waals surface area (Å²) in [7, 11) is 1.56. The SMILES string of the molecule is CCCC(OC)C(=O)c1cccnc1. The summed E-state index contributed by atoms with van der Waals surface area (Å²) in [6.45, 7) is 2.03. The van der Waals surface area contributed by atoms with Crippen LogP contribution in [-0.4, -0.2) is 24.0 Å². The summed E-state index contributed by atoms with van der Waals surface area (Å²) in [6, 6.07) is 3.52. The van der Waals surface area contributed by atoms with E-state index < -0.39 is 0 Å². The van der Waals surface area contributed by atoms with Crippen molar-refractivity contribution in [2.75, 3.05) is 7.11 Å². The summed E-state index contributed by atoms with van der Waals surface area (Å²) < 4.78 is 5.13. The predicted molar refractivity (Wildman–Crippen MR) is 54.3 cm³/mol. The van der Waals surface area contributed by atoms with Crippen LogP contribution in [0.15, 0.2) is 24.5 Å². The molecule has 0 aliphatic heterocycles. The second-order valence-electron chi connectivity index (χ2n) is 3.12. The lowest BCUT2D eigenvalue weighted by Gasteiger charge is -2.12. The zero-order valence-electron chi connectivity index (χ0n) is 8.56. The quantitative estimate of drug-likeness (QED) is 0.672. The third kappa shape index (κ3) is 2.64. The monoisotopic (exact) mass is 193 g/mol. The highest BCUT2D eigenvalue weighted by molar-refractivity contribution is 5.99. The van der Waals surface area contributed by atoms with Crippen molar-refractivity contribution in [1.82, 2.24) is 4.98 Å². The van der Waals surface area contributed by atoms with Crippen molar-refractivity contribution in [2.45, 2.75) is 25.9 Å². The van der Waals surface area contributed by atoms with E-state index in [-0.39, 0.29) is 11.9 Å². The Kier molecular flexibility index (Phi) is 4.26. The molecule has 0 spiro atoms. The second kappa shape index (κ2) is 5.50. The molecule has 1 unspecified atom stereocenters. The van der Waals surface area contributed by atoms with E-state index in [4.69, 9.17) is 4.74 Å². The van der Waals surface area contributed by atoms with Gasteiger partial charge in [0.1, 0.15) is 6.10 Å². The van der Waals surface area contributed by atoms with Gasteiger partial charge in [-0.3, -0.25) is 9.78 Å². The highest BCUT2D eigenvalue weighted by Crippen LogP contribution is 2.09. The Hall–Kier alpha value is -1.22. The molecule has 0 radical (unpaired) electrons. The summed E-state index contributed by atoms with van der Waals surface area (Å²) in [5.74, 6) is 0.0162. The zero-order chi connectivity index (χ0) is 10.4. The molecule has 0 N–H and O–H groups in total. The van der Waals surface area contributed by atoms with Gasteiger partial charge in [0.2, 0.25) is 0 Å². The molecular weight excluding hydrogens is 178 g/mol. The molecule has 0 amide bonds. The number of Topliss-reactive ketones (excluding diaryl/α,β-unsaturated/α-hetero) is 1. The molecule has 1 rings (SSSR count). The number of nitrogens with zero attached hydrogens (tertiary/aromatic N) is 1. The Balaban J connectivity index is 2.73. The first-order valence-electron chi connectivity index (χ1n) is 4.76. The van der Waals surface area contributed by atoms with Crippen molar-refractivity contribution in [3.05, 3.63) is 30.1 Å². The van der Waals surface area contributed by atoms with Crippen LogP contribution in [0.3, 0.4) is 0 Å². The second-order valence-corrected chi connectivity index (χ2v) is 3.12. The molecule has 0 bridgehead atoms. The molecule has 3 heteroatoms. The summed E-state index contributed by atoms with van der Waals surface area (Å²) in [6.07, 6.45) is 4.58. The molecule has 1 aromatic heterocycles. The number of pyridine rings is 1. The molecule has 1 aromatic rings. The Morgan fingerprint density at radius 3 is 2.93 bits per heavy atom. The Bertz CT molecular complexity index is 285. The molecule has 3 nitrogen and oxygen atoms in total. The van der Waals surface area contributed by atoms with Crippen LogP contribution >= 0.6 is 0 Å². The Morgan fingerprint density at radius 1 is 1.64 bits per heavy atom. The molecule has 0 aliphatic carbocycles. The van der Waals surface area contributed by atoms with Crippen molar-refractivity contribution in [1.29, 1.82) is 0 Å². The minimum absolute atomic E-state index is 0.0162. The highest BCUT2D eigenvalue weighted by Gasteiger charge is 2.18. The van der Waals surface area contributed by atoms with Gasteiger partial charge in [-0.1, -0.05) is 13.3 Å². The summed E-state index contributed by atoms with van der Waals surface area (Å²) in [5.41, 5.74) is 0.618. The summed E-state index contributed by atoms with van der Waals surface area (Å²) >= 11 is 0. The predicted octanol–water partition coefficient (Wildman–Crippen LogP) is 2.08. The van der Waals surface area contributed by atoms with Crippen molar-refractivity contribution in [3.8, 4) is 0 Å². The number of rotatable bonds is 5. The first-order valence-corrected chi connectivity index (χ1v) is 4.76. The molecule has 1 heterocycles. The summed E-state index contributed by atoms with van der Waals surface area (Å²) in [5, 5.41) is 0. The smallest absolute Gasteiger partial charge is 0.193 e. The highest BCUT2D eigenvalue weighted by atomic mass is 16.5. The number of ether oxygens (including phenoxy) is 1. The number of hydrogen-bond acceptors (Lipinski definition) is 3. The fourth-order valence-corrected chi connectivity index (χ4v) is 1.31. The van der Waals surface area contributed by atoms with Gasteiger partial charge in [0, 0.05) is 25.1 Å². The lowest BCUT2D eigenvalue weighted by molar-refractivity contribution is 0.0578. The Labute approximate surface area is 84.1 Å². The van der Waals surface area contributed by atoms with Crippen LogP contribution in [0.2, 0.25) is 0 Å². The average molecular weight is 193 g/mol. The van der Waals surface area contributed by atoms with Crippen LogP contribution in [0.1, 0.15) is 30.1 Å². The molecule has 0 saturated carbocycles. The zero-order valence-corrected chi connectivity index (χ0v) is 8.56.